The first-order valence-electron chi connectivity index (χ1n) is 5.62. The fourth-order valence-corrected chi connectivity index (χ4v) is 1.98. The summed E-state index contributed by atoms with van der Waals surface area (Å²) < 4.78 is 15.3. The highest BCUT2D eigenvalue weighted by Crippen LogP contribution is 2.21. The van der Waals surface area contributed by atoms with Crippen LogP contribution in [0.5, 0.6) is 0 Å². The van der Waals surface area contributed by atoms with E-state index < -0.39 is 5.97 Å². The molecule has 0 bridgehead atoms. The molecule has 0 fully saturated rings. The quantitative estimate of drug-likeness (QED) is 0.767. The number of hydrogen-bond donors (Lipinski definition) is 1. The molecule has 0 saturated heterocycles. The summed E-state index contributed by atoms with van der Waals surface area (Å²) in [5, 5.41) is 8.92. The van der Waals surface area contributed by atoms with E-state index in [-0.39, 0.29) is 11.4 Å². The largest absolute Gasteiger partial charge is 0.478 e. The summed E-state index contributed by atoms with van der Waals surface area (Å²) in [4.78, 5) is 15.0. The van der Waals surface area contributed by atoms with E-state index in [1.54, 1.807) is 28.8 Å². The van der Waals surface area contributed by atoms with Crippen LogP contribution >= 0.6 is 0 Å². The van der Waals surface area contributed by atoms with Gasteiger partial charge in [0.05, 0.1) is 22.3 Å². The summed E-state index contributed by atoms with van der Waals surface area (Å²) in [7, 11) is 0. The van der Waals surface area contributed by atoms with Crippen molar-refractivity contribution in [3.05, 3.63) is 60.2 Å². The third kappa shape index (κ3) is 1.85. The van der Waals surface area contributed by atoms with E-state index >= 15 is 0 Å². The highest BCUT2D eigenvalue weighted by Gasteiger charge is 2.10. The number of rotatable bonds is 2. The average Bonchev–Trinajstić information content (AvgIpc) is 2.82. The summed E-state index contributed by atoms with van der Waals surface area (Å²) in [5.41, 5.74) is 1.72. The number of carbonyl (C=O) groups is 1. The molecule has 5 heteroatoms. The Hall–Kier alpha value is -2.69. The molecule has 0 aliphatic carbocycles. The number of nitrogens with zero attached hydrogens (tertiary/aromatic N) is 2. The number of fused-ring (bicyclic) bond motifs is 1. The van der Waals surface area contributed by atoms with Crippen molar-refractivity contribution in [2.45, 2.75) is 0 Å². The van der Waals surface area contributed by atoms with Crippen molar-refractivity contribution < 1.29 is 14.3 Å². The number of carboxylic acids is 1. The van der Waals surface area contributed by atoms with Crippen molar-refractivity contribution in [2.24, 2.45) is 0 Å². The molecule has 19 heavy (non-hydrogen) atoms. The van der Waals surface area contributed by atoms with Gasteiger partial charge in [-0.2, -0.15) is 0 Å². The van der Waals surface area contributed by atoms with Gasteiger partial charge in [-0.15, -0.1) is 0 Å². The van der Waals surface area contributed by atoms with Crippen LogP contribution in [0.15, 0.2) is 48.8 Å². The second-order valence-electron chi connectivity index (χ2n) is 4.07. The lowest BCUT2D eigenvalue weighted by atomic mass is 10.2. The number of carboxylic acid groups (broad SMARTS) is 1. The summed E-state index contributed by atoms with van der Waals surface area (Å²) in [6.45, 7) is 0. The Bertz CT molecular complexity index is 780. The second-order valence-corrected chi connectivity index (χ2v) is 4.07. The Morgan fingerprint density at radius 3 is 2.74 bits per heavy atom. The van der Waals surface area contributed by atoms with Crippen LogP contribution in [0, 0.1) is 5.82 Å². The molecule has 0 aliphatic heterocycles. The molecule has 0 atom stereocenters. The van der Waals surface area contributed by atoms with Crippen LogP contribution in [0.25, 0.3) is 16.7 Å². The predicted octanol–water partition coefficient (Wildman–Crippen LogP) is 2.86. The van der Waals surface area contributed by atoms with Gasteiger partial charge in [-0.1, -0.05) is 12.1 Å². The average molecular weight is 256 g/mol. The molecule has 2 aromatic carbocycles. The molecule has 1 N–H and O–H groups in total. The minimum atomic E-state index is -1.01. The van der Waals surface area contributed by atoms with Crippen molar-refractivity contribution in [3.63, 3.8) is 0 Å². The second kappa shape index (κ2) is 4.20. The molecule has 3 rings (SSSR count). The van der Waals surface area contributed by atoms with E-state index in [0.717, 1.165) is 0 Å². The van der Waals surface area contributed by atoms with Crippen LogP contribution in [0.2, 0.25) is 0 Å². The van der Waals surface area contributed by atoms with E-state index in [9.17, 15) is 9.18 Å². The maximum absolute atomic E-state index is 13.7. The molecule has 94 valence electrons. The maximum atomic E-state index is 13.7. The maximum Gasteiger partial charge on any atom is 0.335 e. The summed E-state index contributed by atoms with van der Waals surface area (Å²) in [6.07, 6.45) is 1.48. The number of benzene rings is 2. The predicted molar refractivity (Wildman–Crippen MR) is 68.0 cm³/mol. The van der Waals surface area contributed by atoms with Gasteiger partial charge in [0.1, 0.15) is 12.1 Å². The fraction of sp³-hybridized carbons (Fsp3) is 0. The van der Waals surface area contributed by atoms with Crippen LogP contribution in [0.3, 0.4) is 0 Å². The summed E-state index contributed by atoms with van der Waals surface area (Å²) in [5.74, 6) is -1.37. The lowest BCUT2D eigenvalue weighted by molar-refractivity contribution is 0.0697. The van der Waals surface area contributed by atoms with E-state index in [0.29, 0.717) is 16.7 Å². The number of halogens is 1. The smallest absolute Gasteiger partial charge is 0.335 e. The van der Waals surface area contributed by atoms with E-state index in [1.807, 2.05) is 0 Å². The minimum Gasteiger partial charge on any atom is -0.478 e. The molecule has 0 aliphatic rings. The van der Waals surface area contributed by atoms with Crippen LogP contribution < -0.4 is 0 Å². The molecule has 0 amide bonds. The zero-order valence-corrected chi connectivity index (χ0v) is 9.75. The van der Waals surface area contributed by atoms with Gasteiger partial charge >= 0.3 is 5.97 Å². The van der Waals surface area contributed by atoms with Crippen molar-refractivity contribution >= 4 is 17.0 Å². The Labute approximate surface area is 107 Å². The molecule has 0 saturated carbocycles. The Morgan fingerprint density at radius 2 is 2.00 bits per heavy atom. The molecule has 3 aromatic rings. The van der Waals surface area contributed by atoms with Gasteiger partial charge in [0.2, 0.25) is 0 Å². The van der Waals surface area contributed by atoms with Crippen LogP contribution in [-0.4, -0.2) is 20.6 Å². The summed E-state index contributed by atoms with van der Waals surface area (Å²) in [6, 6.07) is 10.9. The third-order valence-corrected chi connectivity index (χ3v) is 2.91. The van der Waals surface area contributed by atoms with E-state index in [2.05, 4.69) is 4.98 Å². The van der Waals surface area contributed by atoms with Crippen LogP contribution in [-0.2, 0) is 0 Å². The monoisotopic (exact) mass is 256 g/mol. The molecule has 1 aromatic heterocycles. The molecule has 1 heterocycles. The van der Waals surface area contributed by atoms with Crippen LogP contribution in [0.1, 0.15) is 10.4 Å². The standard InChI is InChI=1S/C14H9FN2O2/c15-10-3-1-2-4-12(10)17-8-16-11-7-9(14(18)19)5-6-13(11)17/h1-8H,(H,18,19). The fourth-order valence-electron chi connectivity index (χ4n) is 1.98. The molecule has 0 radical (unpaired) electrons. The normalized spacial score (nSPS) is 10.8. The van der Waals surface area contributed by atoms with E-state index in [1.165, 1.54) is 24.5 Å². The van der Waals surface area contributed by atoms with Gasteiger partial charge in [-0.3, -0.25) is 4.57 Å². The Morgan fingerprint density at radius 1 is 1.21 bits per heavy atom. The zero-order valence-electron chi connectivity index (χ0n) is 9.75. The molecular weight excluding hydrogens is 247 g/mol. The van der Waals surface area contributed by atoms with Crippen molar-refractivity contribution in [1.82, 2.24) is 9.55 Å². The SMILES string of the molecule is O=C(O)c1ccc2c(c1)ncn2-c1ccccc1F. The van der Waals surface area contributed by atoms with Gasteiger partial charge in [-0.05, 0) is 30.3 Å². The van der Waals surface area contributed by atoms with Gasteiger partial charge < -0.3 is 5.11 Å². The lowest BCUT2D eigenvalue weighted by Crippen LogP contribution is -1.97. The first-order chi connectivity index (χ1) is 9.16. The zero-order chi connectivity index (χ0) is 13.4. The number of aromatic carboxylic acids is 1. The number of imidazole rings is 1. The number of para-hydroxylation sites is 1. The number of aromatic nitrogens is 2. The highest BCUT2D eigenvalue weighted by atomic mass is 19.1. The first kappa shape index (κ1) is 11.4. The van der Waals surface area contributed by atoms with Gasteiger partial charge in [0, 0.05) is 0 Å². The molecule has 0 unspecified atom stereocenters. The summed E-state index contributed by atoms with van der Waals surface area (Å²) >= 11 is 0. The van der Waals surface area contributed by atoms with Gasteiger partial charge in [0.25, 0.3) is 0 Å². The van der Waals surface area contributed by atoms with Gasteiger partial charge in [0.15, 0.2) is 0 Å². The van der Waals surface area contributed by atoms with E-state index in [4.69, 9.17) is 5.11 Å². The minimum absolute atomic E-state index is 0.159. The van der Waals surface area contributed by atoms with Gasteiger partial charge in [-0.25, -0.2) is 14.2 Å². The molecular formula is C14H9FN2O2. The highest BCUT2D eigenvalue weighted by molar-refractivity contribution is 5.92. The topological polar surface area (TPSA) is 55.1 Å². The first-order valence-corrected chi connectivity index (χ1v) is 5.62. The molecule has 4 nitrogen and oxygen atoms in total. The third-order valence-electron chi connectivity index (χ3n) is 2.91. The van der Waals surface area contributed by atoms with Crippen molar-refractivity contribution in [2.75, 3.05) is 0 Å². The molecule has 0 spiro atoms. The Kier molecular flexibility index (Phi) is 2.52. The lowest BCUT2D eigenvalue weighted by Gasteiger charge is -2.05. The number of hydrogen-bond acceptors (Lipinski definition) is 2. The Balaban J connectivity index is 2.22. The van der Waals surface area contributed by atoms with Crippen molar-refractivity contribution in [1.29, 1.82) is 0 Å². The van der Waals surface area contributed by atoms with Crippen molar-refractivity contribution in [3.8, 4) is 5.69 Å². The van der Waals surface area contributed by atoms with Crippen LogP contribution in [0.4, 0.5) is 4.39 Å².